The number of para-hydroxylation sites is 1. The summed E-state index contributed by atoms with van der Waals surface area (Å²) in [6, 6.07) is 10.1. The van der Waals surface area contributed by atoms with Crippen molar-refractivity contribution in [3.05, 3.63) is 36.0 Å². The standard InChI is InChI=1S/C16H18N2O2/c1-11-9-14(12-5-3-4-6-13(12)17-11)18-8-7-16(2,10-18)15(19)20/h3-6,9H,7-8,10H2,1-2H3,(H,19,20). The molecule has 0 radical (unpaired) electrons. The highest BCUT2D eigenvalue weighted by molar-refractivity contribution is 5.92. The number of rotatable bonds is 2. The van der Waals surface area contributed by atoms with Crippen LogP contribution in [-0.2, 0) is 4.79 Å². The number of carboxylic acid groups (broad SMARTS) is 1. The van der Waals surface area contributed by atoms with Crippen LogP contribution in [0.1, 0.15) is 19.0 Å². The number of benzene rings is 1. The maximum atomic E-state index is 11.4. The summed E-state index contributed by atoms with van der Waals surface area (Å²) in [5.41, 5.74) is 2.37. The number of anilines is 1. The molecule has 104 valence electrons. The Bertz CT molecular complexity index is 683. The van der Waals surface area contributed by atoms with Gasteiger partial charge in [0.1, 0.15) is 0 Å². The molecular formula is C16H18N2O2. The molecule has 1 aliphatic heterocycles. The average molecular weight is 270 g/mol. The number of carbonyl (C=O) groups is 1. The number of carboxylic acids is 1. The molecular weight excluding hydrogens is 252 g/mol. The molecule has 1 atom stereocenters. The van der Waals surface area contributed by atoms with Gasteiger partial charge in [-0.2, -0.15) is 0 Å². The van der Waals surface area contributed by atoms with Crippen molar-refractivity contribution >= 4 is 22.6 Å². The number of pyridine rings is 1. The molecule has 2 aromatic rings. The minimum Gasteiger partial charge on any atom is -0.481 e. The molecule has 1 aromatic carbocycles. The lowest BCUT2D eigenvalue weighted by Gasteiger charge is -2.23. The van der Waals surface area contributed by atoms with E-state index >= 15 is 0 Å². The zero-order valence-electron chi connectivity index (χ0n) is 11.8. The van der Waals surface area contributed by atoms with Crippen LogP contribution in [-0.4, -0.2) is 29.1 Å². The van der Waals surface area contributed by atoms with E-state index in [0.29, 0.717) is 13.0 Å². The van der Waals surface area contributed by atoms with E-state index < -0.39 is 11.4 Å². The van der Waals surface area contributed by atoms with E-state index in [1.165, 1.54) is 0 Å². The van der Waals surface area contributed by atoms with Gasteiger partial charge in [0, 0.05) is 29.9 Å². The van der Waals surface area contributed by atoms with Gasteiger partial charge in [-0.25, -0.2) is 0 Å². The molecule has 20 heavy (non-hydrogen) atoms. The van der Waals surface area contributed by atoms with Crippen LogP contribution < -0.4 is 4.90 Å². The predicted octanol–water partition coefficient (Wildman–Crippen LogP) is 2.84. The number of aryl methyl sites for hydroxylation is 1. The first kappa shape index (κ1) is 12.9. The molecule has 3 rings (SSSR count). The van der Waals surface area contributed by atoms with Crippen molar-refractivity contribution in [3.63, 3.8) is 0 Å². The van der Waals surface area contributed by atoms with Crippen LogP contribution in [0.15, 0.2) is 30.3 Å². The van der Waals surface area contributed by atoms with Crippen LogP contribution in [0.5, 0.6) is 0 Å². The normalized spacial score (nSPS) is 22.4. The van der Waals surface area contributed by atoms with Gasteiger partial charge in [0.25, 0.3) is 0 Å². The number of hydrogen-bond donors (Lipinski definition) is 1. The molecule has 4 heteroatoms. The van der Waals surface area contributed by atoms with Crippen molar-refractivity contribution < 1.29 is 9.90 Å². The zero-order chi connectivity index (χ0) is 14.3. The first-order chi connectivity index (χ1) is 9.49. The molecule has 1 aromatic heterocycles. The molecule has 1 saturated heterocycles. The molecule has 4 nitrogen and oxygen atoms in total. The third-order valence-corrected chi connectivity index (χ3v) is 4.15. The van der Waals surface area contributed by atoms with Crippen molar-refractivity contribution in [3.8, 4) is 0 Å². The average Bonchev–Trinajstić information content (AvgIpc) is 2.82. The molecule has 1 N–H and O–H groups in total. The van der Waals surface area contributed by atoms with Crippen LogP contribution in [0.2, 0.25) is 0 Å². The van der Waals surface area contributed by atoms with Gasteiger partial charge in [-0.3, -0.25) is 9.78 Å². The molecule has 1 unspecified atom stereocenters. The second kappa shape index (κ2) is 4.47. The summed E-state index contributed by atoms with van der Waals surface area (Å²) in [6.45, 7) is 5.13. The van der Waals surface area contributed by atoms with Gasteiger partial charge >= 0.3 is 5.97 Å². The Balaban J connectivity index is 2.05. The van der Waals surface area contributed by atoms with E-state index in [-0.39, 0.29) is 0 Å². The number of nitrogens with zero attached hydrogens (tertiary/aromatic N) is 2. The summed E-state index contributed by atoms with van der Waals surface area (Å²) >= 11 is 0. The van der Waals surface area contributed by atoms with Crippen LogP contribution in [0.3, 0.4) is 0 Å². The quantitative estimate of drug-likeness (QED) is 0.911. The molecule has 0 bridgehead atoms. The minimum absolute atomic E-state index is 0.551. The lowest BCUT2D eigenvalue weighted by molar-refractivity contribution is -0.146. The van der Waals surface area contributed by atoms with Crippen molar-refractivity contribution in [2.24, 2.45) is 5.41 Å². The van der Waals surface area contributed by atoms with Gasteiger partial charge in [0.15, 0.2) is 0 Å². The van der Waals surface area contributed by atoms with Gasteiger partial charge in [-0.1, -0.05) is 18.2 Å². The summed E-state index contributed by atoms with van der Waals surface area (Å²) < 4.78 is 0. The number of aliphatic carboxylic acids is 1. The highest BCUT2D eigenvalue weighted by Gasteiger charge is 2.40. The zero-order valence-corrected chi connectivity index (χ0v) is 11.8. The minimum atomic E-state index is -0.713. The van der Waals surface area contributed by atoms with Crippen LogP contribution in [0, 0.1) is 12.3 Å². The lowest BCUT2D eigenvalue weighted by Crippen LogP contribution is -2.31. The predicted molar refractivity (Wildman–Crippen MR) is 79.1 cm³/mol. The van der Waals surface area contributed by atoms with E-state index in [2.05, 4.69) is 16.0 Å². The van der Waals surface area contributed by atoms with E-state index in [9.17, 15) is 9.90 Å². The topological polar surface area (TPSA) is 53.4 Å². The number of fused-ring (bicyclic) bond motifs is 1. The van der Waals surface area contributed by atoms with Gasteiger partial charge in [0.2, 0.25) is 0 Å². The van der Waals surface area contributed by atoms with Crippen LogP contribution in [0.25, 0.3) is 10.9 Å². The summed E-state index contributed by atoms with van der Waals surface area (Å²) in [5.74, 6) is -0.713. The van der Waals surface area contributed by atoms with Crippen molar-refractivity contribution in [1.82, 2.24) is 4.98 Å². The SMILES string of the molecule is Cc1cc(N2CCC(C)(C(=O)O)C2)c2ccccc2n1. The van der Waals surface area contributed by atoms with E-state index in [1.54, 1.807) is 0 Å². The Morgan fingerprint density at radius 3 is 2.85 bits per heavy atom. The Hall–Kier alpha value is -2.10. The Kier molecular flexibility index (Phi) is 2.89. The summed E-state index contributed by atoms with van der Waals surface area (Å²) in [4.78, 5) is 18.1. The Labute approximate surface area is 118 Å². The molecule has 2 heterocycles. The third-order valence-electron chi connectivity index (χ3n) is 4.15. The first-order valence-corrected chi connectivity index (χ1v) is 6.84. The Morgan fingerprint density at radius 2 is 2.15 bits per heavy atom. The van der Waals surface area contributed by atoms with Crippen molar-refractivity contribution in [1.29, 1.82) is 0 Å². The van der Waals surface area contributed by atoms with E-state index in [1.807, 2.05) is 38.1 Å². The van der Waals surface area contributed by atoms with Crippen LogP contribution >= 0.6 is 0 Å². The fraction of sp³-hybridized carbons (Fsp3) is 0.375. The first-order valence-electron chi connectivity index (χ1n) is 6.84. The molecule has 0 aliphatic carbocycles. The third kappa shape index (κ3) is 2.01. The van der Waals surface area contributed by atoms with Gasteiger partial charge in [0.05, 0.1) is 10.9 Å². The van der Waals surface area contributed by atoms with E-state index in [4.69, 9.17) is 0 Å². The monoisotopic (exact) mass is 270 g/mol. The Morgan fingerprint density at radius 1 is 1.40 bits per heavy atom. The van der Waals surface area contributed by atoms with E-state index in [0.717, 1.165) is 28.8 Å². The van der Waals surface area contributed by atoms with Crippen LogP contribution in [0.4, 0.5) is 5.69 Å². The molecule has 0 amide bonds. The fourth-order valence-corrected chi connectivity index (χ4v) is 2.89. The lowest BCUT2D eigenvalue weighted by atomic mass is 9.90. The highest BCUT2D eigenvalue weighted by atomic mass is 16.4. The molecule has 1 aliphatic rings. The van der Waals surface area contributed by atoms with Gasteiger partial charge < -0.3 is 10.0 Å². The second-order valence-corrected chi connectivity index (χ2v) is 5.84. The van der Waals surface area contributed by atoms with Gasteiger partial charge in [-0.15, -0.1) is 0 Å². The molecule has 1 fully saturated rings. The second-order valence-electron chi connectivity index (χ2n) is 5.84. The maximum absolute atomic E-state index is 11.4. The smallest absolute Gasteiger partial charge is 0.311 e. The summed E-state index contributed by atoms with van der Waals surface area (Å²) in [7, 11) is 0. The van der Waals surface area contributed by atoms with Crippen molar-refractivity contribution in [2.45, 2.75) is 20.3 Å². The fourth-order valence-electron chi connectivity index (χ4n) is 2.89. The molecule has 0 saturated carbocycles. The highest BCUT2D eigenvalue weighted by Crippen LogP contribution is 2.36. The summed E-state index contributed by atoms with van der Waals surface area (Å²) in [5, 5.41) is 10.5. The summed E-state index contributed by atoms with van der Waals surface area (Å²) in [6.07, 6.45) is 0.679. The number of aromatic nitrogens is 1. The molecule has 0 spiro atoms. The number of hydrogen-bond acceptors (Lipinski definition) is 3. The largest absolute Gasteiger partial charge is 0.481 e. The van der Waals surface area contributed by atoms with Crippen molar-refractivity contribution in [2.75, 3.05) is 18.0 Å². The maximum Gasteiger partial charge on any atom is 0.311 e. The van der Waals surface area contributed by atoms with Gasteiger partial charge in [-0.05, 0) is 32.4 Å².